The zero-order chi connectivity index (χ0) is 12.1. The molecule has 2 rings (SSSR count). The summed E-state index contributed by atoms with van der Waals surface area (Å²) in [5, 5.41) is 3.37. The third kappa shape index (κ3) is 3.68. The second kappa shape index (κ2) is 6.36. The van der Waals surface area contributed by atoms with Gasteiger partial charge in [-0.3, -0.25) is 4.79 Å². The van der Waals surface area contributed by atoms with E-state index < -0.39 is 0 Å². The second-order valence-electron chi connectivity index (χ2n) is 5.26. The van der Waals surface area contributed by atoms with Crippen LogP contribution in [0.5, 0.6) is 0 Å². The van der Waals surface area contributed by atoms with E-state index in [2.05, 4.69) is 5.32 Å². The Labute approximate surface area is 104 Å². The van der Waals surface area contributed by atoms with Crippen LogP contribution in [0, 0.1) is 5.92 Å². The summed E-state index contributed by atoms with van der Waals surface area (Å²) in [7, 11) is 1.95. The van der Waals surface area contributed by atoms with Crippen molar-refractivity contribution in [3.8, 4) is 0 Å². The topological polar surface area (TPSA) is 41.6 Å². The zero-order valence-corrected chi connectivity index (χ0v) is 10.8. The monoisotopic (exact) mass is 240 g/mol. The quantitative estimate of drug-likeness (QED) is 0.800. The minimum Gasteiger partial charge on any atom is -0.381 e. The molecule has 0 bridgehead atoms. The smallest absolute Gasteiger partial charge is 0.222 e. The lowest BCUT2D eigenvalue weighted by Crippen LogP contribution is -2.42. The predicted molar refractivity (Wildman–Crippen MR) is 66.8 cm³/mol. The Bertz CT molecular complexity index is 246. The normalized spacial score (nSPS) is 26.8. The predicted octanol–water partition coefficient (Wildman–Crippen LogP) is 1.01. The number of piperidine rings is 1. The first-order valence-electron chi connectivity index (χ1n) is 6.81. The number of hydrogen-bond donors (Lipinski definition) is 1. The van der Waals surface area contributed by atoms with Crippen LogP contribution < -0.4 is 5.32 Å². The van der Waals surface area contributed by atoms with Crippen LogP contribution in [-0.4, -0.2) is 50.2 Å². The standard InChI is InChI=1S/C13H24N2O2/c1-15(12-4-7-17-8-5-12)13(16)9-11-3-2-6-14-10-11/h11-12,14H,2-10H2,1H3. The lowest BCUT2D eigenvalue weighted by Gasteiger charge is -2.33. The third-order valence-electron chi connectivity index (χ3n) is 3.99. The molecule has 0 aromatic rings. The molecule has 2 heterocycles. The van der Waals surface area contributed by atoms with Gasteiger partial charge in [0.1, 0.15) is 0 Å². The van der Waals surface area contributed by atoms with Gasteiger partial charge < -0.3 is 15.0 Å². The number of carbonyl (C=O) groups excluding carboxylic acids is 1. The Morgan fingerprint density at radius 3 is 2.76 bits per heavy atom. The van der Waals surface area contributed by atoms with Gasteiger partial charge in [0, 0.05) is 32.7 Å². The Kier molecular flexibility index (Phi) is 4.80. The maximum Gasteiger partial charge on any atom is 0.222 e. The fourth-order valence-corrected chi connectivity index (χ4v) is 2.77. The molecular weight excluding hydrogens is 216 g/mol. The number of hydrogen-bond acceptors (Lipinski definition) is 3. The number of carbonyl (C=O) groups is 1. The molecule has 1 atom stereocenters. The van der Waals surface area contributed by atoms with E-state index in [0.29, 0.717) is 24.3 Å². The molecule has 17 heavy (non-hydrogen) atoms. The second-order valence-corrected chi connectivity index (χ2v) is 5.26. The molecule has 1 amide bonds. The average molecular weight is 240 g/mol. The van der Waals surface area contributed by atoms with Crippen LogP contribution in [0.3, 0.4) is 0 Å². The van der Waals surface area contributed by atoms with Crippen molar-refractivity contribution in [2.24, 2.45) is 5.92 Å². The SMILES string of the molecule is CN(C(=O)CC1CCCNC1)C1CCOCC1. The van der Waals surface area contributed by atoms with Crippen molar-refractivity contribution < 1.29 is 9.53 Å². The number of nitrogens with one attached hydrogen (secondary N) is 1. The molecule has 1 N–H and O–H groups in total. The maximum absolute atomic E-state index is 12.2. The van der Waals surface area contributed by atoms with Crippen molar-refractivity contribution in [2.75, 3.05) is 33.4 Å². The Hall–Kier alpha value is -0.610. The lowest BCUT2D eigenvalue weighted by molar-refractivity contribution is -0.134. The molecule has 4 heteroatoms. The van der Waals surface area contributed by atoms with E-state index in [1.54, 1.807) is 0 Å². The van der Waals surface area contributed by atoms with Crippen LogP contribution in [0.2, 0.25) is 0 Å². The minimum absolute atomic E-state index is 0.311. The van der Waals surface area contributed by atoms with Crippen LogP contribution in [0.25, 0.3) is 0 Å². The first-order valence-corrected chi connectivity index (χ1v) is 6.81. The summed E-state index contributed by atoms with van der Waals surface area (Å²) in [5.74, 6) is 0.851. The highest BCUT2D eigenvalue weighted by molar-refractivity contribution is 5.76. The van der Waals surface area contributed by atoms with Crippen LogP contribution in [0.1, 0.15) is 32.1 Å². The summed E-state index contributed by atoms with van der Waals surface area (Å²) in [5.41, 5.74) is 0. The molecule has 0 saturated carbocycles. The van der Waals surface area contributed by atoms with Gasteiger partial charge in [-0.15, -0.1) is 0 Å². The minimum atomic E-state index is 0.311. The number of rotatable bonds is 3. The van der Waals surface area contributed by atoms with Gasteiger partial charge in [-0.1, -0.05) is 0 Å². The van der Waals surface area contributed by atoms with Gasteiger partial charge in [-0.25, -0.2) is 0 Å². The van der Waals surface area contributed by atoms with Crippen molar-refractivity contribution in [1.29, 1.82) is 0 Å². The maximum atomic E-state index is 12.2. The largest absolute Gasteiger partial charge is 0.381 e. The Morgan fingerprint density at radius 1 is 1.35 bits per heavy atom. The average Bonchev–Trinajstić information content (AvgIpc) is 2.40. The van der Waals surface area contributed by atoms with Crippen LogP contribution in [0.15, 0.2) is 0 Å². The summed E-state index contributed by atoms with van der Waals surface area (Å²) >= 11 is 0. The molecule has 2 saturated heterocycles. The van der Waals surface area contributed by atoms with Gasteiger partial charge in [0.25, 0.3) is 0 Å². The lowest BCUT2D eigenvalue weighted by atomic mass is 9.95. The highest BCUT2D eigenvalue weighted by Crippen LogP contribution is 2.18. The van der Waals surface area contributed by atoms with E-state index in [1.807, 2.05) is 11.9 Å². The van der Waals surface area contributed by atoms with Crippen LogP contribution in [-0.2, 0) is 9.53 Å². The Morgan fingerprint density at radius 2 is 2.12 bits per heavy atom. The van der Waals surface area contributed by atoms with Crippen molar-refractivity contribution in [3.63, 3.8) is 0 Å². The van der Waals surface area contributed by atoms with Crippen LogP contribution >= 0.6 is 0 Å². The molecule has 0 spiro atoms. The Balaban J connectivity index is 1.77. The molecule has 0 radical (unpaired) electrons. The molecule has 2 aliphatic rings. The molecule has 98 valence electrons. The van der Waals surface area contributed by atoms with Gasteiger partial charge >= 0.3 is 0 Å². The molecule has 0 aromatic carbocycles. The number of nitrogens with zero attached hydrogens (tertiary/aromatic N) is 1. The fraction of sp³-hybridized carbons (Fsp3) is 0.923. The van der Waals surface area contributed by atoms with E-state index in [-0.39, 0.29) is 0 Å². The molecule has 1 unspecified atom stereocenters. The van der Waals surface area contributed by atoms with E-state index in [0.717, 1.165) is 39.1 Å². The van der Waals surface area contributed by atoms with Crippen LogP contribution in [0.4, 0.5) is 0 Å². The van der Waals surface area contributed by atoms with E-state index in [9.17, 15) is 4.79 Å². The summed E-state index contributed by atoms with van der Waals surface area (Å²) in [6.07, 6.45) is 5.09. The molecule has 0 aromatic heterocycles. The van der Waals surface area contributed by atoms with Gasteiger partial charge in [-0.05, 0) is 44.7 Å². The summed E-state index contributed by atoms with van der Waals surface area (Å²) in [6.45, 7) is 3.72. The molecular formula is C13H24N2O2. The summed E-state index contributed by atoms with van der Waals surface area (Å²) in [4.78, 5) is 14.1. The van der Waals surface area contributed by atoms with Gasteiger partial charge in [0.15, 0.2) is 0 Å². The fourth-order valence-electron chi connectivity index (χ4n) is 2.77. The van der Waals surface area contributed by atoms with Crippen molar-refractivity contribution >= 4 is 5.91 Å². The third-order valence-corrected chi connectivity index (χ3v) is 3.99. The zero-order valence-electron chi connectivity index (χ0n) is 10.8. The molecule has 4 nitrogen and oxygen atoms in total. The van der Waals surface area contributed by atoms with E-state index >= 15 is 0 Å². The van der Waals surface area contributed by atoms with E-state index in [1.165, 1.54) is 12.8 Å². The molecule has 2 aliphatic heterocycles. The number of ether oxygens (including phenoxy) is 1. The first kappa shape index (κ1) is 12.8. The van der Waals surface area contributed by atoms with Gasteiger partial charge in [-0.2, -0.15) is 0 Å². The molecule has 2 fully saturated rings. The summed E-state index contributed by atoms with van der Waals surface area (Å²) in [6, 6.07) is 0.396. The highest BCUT2D eigenvalue weighted by Gasteiger charge is 2.25. The summed E-state index contributed by atoms with van der Waals surface area (Å²) < 4.78 is 5.33. The van der Waals surface area contributed by atoms with Gasteiger partial charge in [0.05, 0.1) is 0 Å². The van der Waals surface area contributed by atoms with Crippen molar-refractivity contribution in [1.82, 2.24) is 10.2 Å². The van der Waals surface area contributed by atoms with Crippen molar-refractivity contribution in [2.45, 2.75) is 38.1 Å². The van der Waals surface area contributed by atoms with Crippen molar-refractivity contribution in [3.05, 3.63) is 0 Å². The van der Waals surface area contributed by atoms with Gasteiger partial charge in [0.2, 0.25) is 5.91 Å². The first-order chi connectivity index (χ1) is 8.27. The molecule has 0 aliphatic carbocycles. The number of amides is 1. The van der Waals surface area contributed by atoms with E-state index in [4.69, 9.17) is 4.74 Å². The highest BCUT2D eigenvalue weighted by atomic mass is 16.5.